The number of aromatic hydroxyl groups is 1. The first-order chi connectivity index (χ1) is 9.59. The van der Waals surface area contributed by atoms with Crippen molar-refractivity contribution >= 4 is 22.6 Å². The Labute approximate surface area is 121 Å². The lowest BCUT2D eigenvalue weighted by Crippen LogP contribution is -2.23. The van der Waals surface area contributed by atoms with Crippen LogP contribution in [0.5, 0.6) is 5.75 Å². The number of hydrogen-bond acceptors (Lipinski definition) is 3. The highest BCUT2D eigenvalue weighted by molar-refractivity contribution is 6.65. The molecule has 1 unspecified atom stereocenters. The lowest BCUT2D eigenvalue weighted by atomic mass is 9.92. The van der Waals surface area contributed by atoms with Gasteiger partial charge in [0, 0.05) is 0 Å². The molecule has 0 heterocycles. The first kappa shape index (κ1) is 14.3. The molecule has 2 rings (SSSR count). The maximum absolute atomic E-state index is 12.3. The minimum absolute atomic E-state index is 0.113. The van der Waals surface area contributed by atoms with Crippen molar-refractivity contribution in [3.63, 3.8) is 0 Å². The van der Waals surface area contributed by atoms with Crippen LogP contribution >= 0.6 is 11.6 Å². The minimum atomic E-state index is -0.993. The van der Waals surface area contributed by atoms with Gasteiger partial charge in [-0.1, -0.05) is 42.5 Å². The molecule has 0 fully saturated rings. The summed E-state index contributed by atoms with van der Waals surface area (Å²) in [5.74, 6) is -1.60. The third-order valence-electron chi connectivity index (χ3n) is 3.04. The zero-order valence-electron chi connectivity index (χ0n) is 10.6. The van der Waals surface area contributed by atoms with Gasteiger partial charge in [-0.3, -0.25) is 9.59 Å². The number of benzene rings is 2. The number of carbonyl (C=O) groups is 2. The van der Waals surface area contributed by atoms with Crippen LogP contribution in [-0.2, 0) is 11.2 Å². The third-order valence-corrected chi connectivity index (χ3v) is 3.31. The summed E-state index contributed by atoms with van der Waals surface area (Å²) in [5, 5.41) is 8.98. The second kappa shape index (κ2) is 6.35. The van der Waals surface area contributed by atoms with Gasteiger partial charge in [0.15, 0.2) is 5.78 Å². The molecule has 1 N–H and O–H groups in total. The highest BCUT2D eigenvalue weighted by Gasteiger charge is 2.28. The second-order valence-electron chi connectivity index (χ2n) is 4.43. The van der Waals surface area contributed by atoms with Crippen LogP contribution in [0.4, 0.5) is 0 Å². The van der Waals surface area contributed by atoms with E-state index in [1.807, 2.05) is 30.3 Å². The zero-order chi connectivity index (χ0) is 14.5. The van der Waals surface area contributed by atoms with E-state index < -0.39 is 16.9 Å². The summed E-state index contributed by atoms with van der Waals surface area (Å²) < 4.78 is 0. The Morgan fingerprint density at radius 3 is 2.20 bits per heavy atom. The number of rotatable bonds is 5. The van der Waals surface area contributed by atoms with Crippen molar-refractivity contribution in [3.8, 4) is 5.75 Å². The van der Waals surface area contributed by atoms with E-state index in [4.69, 9.17) is 11.6 Å². The molecule has 0 aliphatic heterocycles. The van der Waals surface area contributed by atoms with E-state index in [0.29, 0.717) is 0 Å². The maximum Gasteiger partial charge on any atom is 0.232 e. The number of para-hydroxylation sites is 1. The van der Waals surface area contributed by atoms with Crippen LogP contribution in [0.15, 0.2) is 54.6 Å². The average Bonchev–Trinajstić information content (AvgIpc) is 2.45. The first-order valence-electron chi connectivity index (χ1n) is 6.15. The van der Waals surface area contributed by atoms with Crippen molar-refractivity contribution in [1.82, 2.24) is 0 Å². The number of hydrogen-bond donors (Lipinski definition) is 1. The minimum Gasteiger partial charge on any atom is -0.507 e. The molecule has 0 aromatic heterocycles. The van der Waals surface area contributed by atoms with Gasteiger partial charge in [-0.05, 0) is 35.7 Å². The maximum atomic E-state index is 12.3. The molecule has 0 radical (unpaired) electrons. The van der Waals surface area contributed by atoms with Crippen LogP contribution in [0, 0.1) is 5.92 Å². The van der Waals surface area contributed by atoms with Crippen LogP contribution in [0.25, 0.3) is 0 Å². The molecule has 0 bridgehead atoms. The number of phenolic OH excluding ortho intramolecular Hbond substituents is 1. The predicted molar refractivity (Wildman–Crippen MR) is 76.9 cm³/mol. The van der Waals surface area contributed by atoms with Gasteiger partial charge in [0.05, 0.1) is 5.56 Å². The molecule has 0 saturated heterocycles. The van der Waals surface area contributed by atoms with Crippen LogP contribution in [0.2, 0.25) is 0 Å². The molecule has 0 aliphatic carbocycles. The van der Waals surface area contributed by atoms with E-state index in [-0.39, 0.29) is 17.7 Å². The third kappa shape index (κ3) is 3.25. The summed E-state index contributed by atoms with van der Waals surface area (Å²) >= 11 is 5.55. The molecule has 0 amide bonds. The van der Waals surface area contributed by atoms with E-state index in [1.165, 1.54) is 12.1 Å². The van der Waals surface area contributed by atoms with E-state index in [9.17, 15) is 14.7 Å². The highest BCUT2D eigenvalue weighted by Crippen LogP contribution is 2.23. The molecule has 102 valence electrons. The summed E-state index contributed by atoms with van der Waals surface area (Å²) in [4.78, 5) is 23.9. The van der Waals surface area contributed by atoms with E-state index >= 15 is 0 Å². The van der Waals surface area contributed by atoms with Crippen molar-refractivity contribution in [2.75, 3.05) is 0 Å². The average molecular weight is 289 g/mol. The molecule has 0 aliphatic rings. The van der Waals surface area contributed by atoms with Gasteiger partial charge < -0.3 is 5.11 Å². The Hall–Kier alpha value is -2.13. The first-order valence-corrected chi connectivity index (χ1v) is 6.53. The number of Topliss-reactive ketones (excluding diaryl/α,β-unsaturated/α-hetero) is 1. The summed E-state index contributed by atoms with van der Waals surface area (Å²) in [5.41, 5.74) is 0.956. The van der Waals surface area contributed by atoms with Gasteiger partial charge in [-0.15, -0.1) is 0 Å². The summed E-state index contributed by atoms with van der Waals surface area (Å²) in [6, 6.07) is 15.3. The Kier molecular flexibility index (Phi) is 4.53. The Balaban J connectivity index is 2.28. The molecule has 0 saturated carbocycles. The monoisotopic (exact) mass is 288 g/mol. The lowest BCUT2D eigenvalue weighted by Gasteiger charge is -2.12. The van der Waals surface area contributed by atoms with Gasteiger partial charge in [-0.2, -0.15) is 0 Å². The van der Waals surface area contributed by atoms with Crippen molar-refractivity contribution in [1.29, 1.82) is 0 Å². The van der Waals surface area contributed by atoms with E-state index in [2.05, 4.69) is 0 Å². The molecular weight excluding hydrogens is 276 g/mol. The Bertz CT molecular complexity index is 623. The number of phenols is 1. The molecule has 4 heteroatoms. The number of carbonyl (C=O) groups excluding carboxylic acids is 2. The molecule has 2 aromatic rings. The van der Waals surface area contributed by atoms with Crippen molar-refractivity contribution in [3.05, 3.63) is 65.7 Å². The van der Waals surface area contributed by atoms with Gasteiger partial charge in [0.25, 0.3) is 0 Å². The number of halogens is 1. The fraction of sp³-hybridized carbons (Fsp3) is 0.125. The van der Waals surface area contributed by atoms with Crippen molar-refractivity contribution in [2.24, 2.45) is 5.92 Å². The highest BCUT2D eigenvalue weighted by atomic mass is 35.5. The van der Waals surface area contributed by atoms with Crippen LogP contribution in [0.1, 0.15) is 15.9 Å². The van der Waals surface area contributed by atoms with Crippen LogP contribution in [0.3, 0.4) is 0 Å². The fourth-order valence-corrected chi connectivity index (χ4v) is 2.17. The van der Waals surface area contributed by atoms with Gasteiger partial charge in [-0.25, -0.2) is 0 Å². The normalized spacial score (nSPS) is 11.8. The molecular formula is C16H13ClO3. The van der Waals surface area contributed by atoms with E-state index in [1.54, 1.807) is 12.1 Å². The molecule has 2 aromatic carbocycles. The van der Waals surface area contributed by atoms with E-state index in [0.717, 1.165) is 5.56 Å². The quantitative estimate of drug-likeness (QED) is 0.522. The van der Waals surface area contributed by atoms with Crippen LogP contribution < -0.4 is 0 Å². The standard InChI is InChI=1S/C16H13ClO3/c17-16(20)13(10-11-6-2-1-3-7-11)15(19)12-8-4-5-9-14(12)18/h1-9,13,18H,10H2. The molecule has 3 nitrogen and oxygen atoms in total. The SMILES string of the molecule is O=C(Cl)C(Cc1ccccc1)C(=O)c1ccccc1O. The topological polar surface area (TPSA) is 54.4 Å². The zero-order valence-corrected chi connectivity index (χ0v) is 11.4. The second-order valence-corrected chi connectivity index (χ2v) is 4.80. The van der Waals surface area contributed by atoms with Gasteiger partial charge in [0.2, 0.25) is 5.24 Å². The fourth-order valence-electron chi connectivity index (χ4n) is 2.00. The lowest BCUT2D eigenvalue weighted by molar-refractivity contribution is -0.113. The molecule has 1 atom stereocenters. The van der Waals surface area contributed by atoms with Crippen LogP contribution in [-0.4, -0.2) is 16.1 Å². The van der Waals surface area contributed by atoms with Gasteiger partial charge >= 0.3 is 0 Å². The van der Waals surface area contributed by atoms with Crippen molar-refractivity contribution < 1.29 is 14.7 Å². The number of ketones is 1. The molecule has 20 heavy (non-hydrogen) atoms. The predicted octanol–water partition coefficient (Wildman–Crippen LogP) is 3.20. The Morgan fingerprint density at radius 1 is 1.00 bits per heavy atom. The largest absolute Gasteiger partial charge is 0.507 e. The summed E-state index contributed by atoms with van der Waals surface area (Å²) in [6.07, 6.45) is 0.219. The van der Waals surface area contributed by atoms with Gasteiger partial charge in [0.1, 0.15) is 11.7 Å². The smallest absolute Gasteiger partial charge is 0.232 e. The van der Waals surface area contributed by atoms with Crippen molar-refractivity contribution in [2.45, 2.75) is 6.42 Å². The Morgan fingerprint density at radius 2 is 1.60 bits per heavy atom. The summed E-state index contributed by atoms with van der Waals surface area (Å²) in [6.45, 7) is 0. The molecule has 0 spiro atoms. The summed E-state index contributed by atoms with van der Waals surface area (Å²) in [7, 11) is 0.